The highest BCUT2D eigenvalue weighted by Crippen LogP contribution is 2.45. The van der Waals surface area contributed by atoms with Crippen LogP contribution in [0.1, 0.15) is 45.6 Å². The predicted octanol–water partition coefficient (Wildman–Crippen LogP) is 9.84. The van der Waals surface area contributed by atoms with Crippen LogP contribution in [0.25, 0.3) is 21.9 Å². The van der Waals surface area contributed by atoms with Crippen LogP contribution in [-0.4, -0.2) is 19.8 Å². The molecule has 0 unspecified atom stereocenters. The molecule has 0 amide bonds. The average Bonchev–Trinajstić information content (AvgIpc) is 2.98. The lowest BCUT2D eigenvalue weighted by molar-refractivity contribution is -0.189. The molecular weight excluding hydrogens is 600 g/mol. The Hall–Kier alpha value is -4.22. The van der Waals surface area contributed by atoms with Gasteiger partial charge >= 0.3 is 6.11 Å². The number of alkyl halides is 2. The lowest BCUT2D eigenvalue weighted by Crippen LogP contribution is -2.25. The van der Waals surface area contributed by atoms with Crippen molar-refractivity contribution in [1.29, 1.82) is 0 Å². The fraction of sp³-hybridized carbons (Fsp3) is 0.312. The maximum Gasteiger partial charge on any atom is 0.432 e. The van der Waals surface area contributed by atoms with Gasteiger partial charge < -0.3 is 18.9 Å². The van der Waals surface area contributed by atoms with Gasteiger partial charge in [0.15, 0.2) is 23.3 Å². The van der Waals surface area contributed by atoms with Gasteiger partial charge in [0.2, 0.25) is 0 Å². The van der Waals surface area contributed by atoms with Gasteiger partial charge in [-0.05, 0) is 55.2 Å². The van der Waals surface area contributed by atoms with Crippen molar-refractivity contribution >= 4 is 10.8 Å². The lowest BCUT2D eigenvalue weighted by Gasteiger charge is -2.22. The molecule has 0 aliphatic rings. The van der Waals surface area contributed by atoms with Crippen molar-refractivity contribution < 1.29 is 54.1 Å². The zero-order valence-electron chi connectivity index (χ0n) is 23.9. The Morgan fingerprint density at radius 2 is 1.07 bits per heavy atom. The van der Waals surface area contributed by atoms with E-state index >= 15 is 17.6 Å². The Morgan fingerprint density at radius 1 is 0.568 bits per heavy atom. The second kappa shape index (κ2) is 13.6. The summed E-state index contributed by atoms with van der Waals surface area (Å²) >= 11 is 0. The molecule has 0 aliphatic heterocycles. The van der Waals surface area contributed by atoms with E-state index < -0.39 is 63.1 Å². The van der Waals surface area contributed by atoms with E-state index in [0.717, 1.165) is 0 Å². The fourth-order valence-electron chi connectivity index (χ4n) is 4.39. The molecule has 0 N–H and O–H groups in total. The van der Waals surface area contributed by atoms with Crippen LogP contribution in [0.5, 0.6) is 23.0 Å². The molecule has 0 aromatic heterocycles. The molecule has 12 heteroatoms. The molecule has 4 rings (SSSR count). The van der Waals surface area contributed by atoms with Gasteiger partial charge in [-0.25, -0.2) is 26.3 Å². The number of halogens is 8. The second-order valence-corrected chi connectivity index (χ2v) is 9.74. The minimum absolute atomic E-state index is 0.102. The molecule has 0 spiro atoms. The molecule has 4 nitrogen and oxygen atoms in total. The topological polar surface area (TPSA) is 36.9 Å². The van der Waals surface area contributed by atoms with Gasteiger partial charge in [0.05, 0.1) is 25.4 Å². The number of hydrogen-bond acceptors (Lipinski definition) is 4. The molecule has 0 saturated carbocycles. The first kappa shape index (κ1) is 32.7. The van der Waals surface area contributed by atoms with Crippen molar-refractivity contribution in [2.45, 2.75) is 46.1 Å². The maximum absolute atomic E-state index is 15.4. The van der Waals surface area contributed by atoms with Gasteiger partial charge in [0, 0.05) is 22.9 Å². The molecule has 0 fully saturated rings. The molecule has 0 aliphatic carbocycles. The van der Waals surface area contributed by atoms with E-state index in [4.69, 9.17) is 14.2 Å². The summed E-state index contributed by atoms with van der Waals surface area (Å²) in [5, 5.41) is -1.68. The number of rotatable bonds is 13. The van der Waals surface area contributed by atoms with Gasteiger partial charge in [-0.3, -0.25) is 0 Å². The third kappa shape index (κ3) is 6.63. The molecule has 0 radical (unpaired) electrons. The summed E-state index contributed by atoms with van der Waals surface area (Å²) in [5.41, 5.74) is -1.86. The highest BCUT2D eigenvalue weighted by molar-refractivity contribution is 5.85. The van der Waals surface area contributed by atoms with Crippen molar-refractivity contribution in [3.05, 3.63) is 82.9 Å². The predicted molar refractivity (Wildman–Crippen MR) is 147 cm³/mol. The van der Waals surface area contributed by atoms with E-state index in [1.807, 2.05) is 20.8 Å². The number of hydrogen-bond donors (Lipinski definition) is 0. The van der Waals surface area contributed by atoms with Crippen LogP contribution in [0.4, 0.5) is 35.1 Å². The summed E-state index contributed by atoms with van der Waals surface area (Å²) in [5.74, 6) is -11.5. The Labute approximate surface area is 248 Å². The summed E-state index contributed by atoms with van der Waals surface area (Å²) in [6.45, 7) is 6.41. The van der Waals surface area contributed by atoms with Crippen molar-refractivity contribution in [2.75, 3.05) is 19.8 Å². The number of ether oxygens (including phenoxy) is 4. The molecule has 4 aromatic carbocycles. The third-order valence-electron chi connectivity index (χ3n) is 6.35. The van der Waals surface area contributed by atoms with Gasteiger partial charge in [-0.2, -0.15) is 8.78 Å². The van der Waals surface area contributed by atoms with Crippen LogP contribution in [0.2, 0.25) is 0 Å². The highest BCUT2D eigenvalue weighted by atomic mass is 19.3. The zero-order chi connectivity index (χ0) is 32.2. The SMILES string of the molecule is CCCOc1cc(OCCC)c(-c2cc(F)c(C(F)(F)Oc3ccc4c(F)c(F)c(F)c(F)c4c3)c(F)c2)c(OCCC)c1. The van der Waals surface area contributed by atoms with Gasteiger partial charge in [0.1, 0.15) is 40.2 Å². The van der Waals surface area contributed by atoms with E-state index in [-0.39, 0.29) is 35.8 Å². The van der Waals surface area contributed by atoms with Gasteiger partial charge in [-0.15, -0.1) is 0 Å². The van der Waals surface area contributed by atoms with E-state index in [0.29, 0.717) is 62.0 Å². The zero-order valence-corrected chi connectivity index (χ0v) is 23.9. The summed E-state index contributed by atoms with van der Waals surface area (Å²) in [6, 6.07) is 6.16. The Kier molecular flexibility index (Phi) is 10.1. The second-order valence-electron chi connectivity index (χ2n) is 9.74. The quantitative estimate of drug-likeness (QED) is 0.0839. The van der Waals surface area contributed by atoms with Crippen LogP contribution in [0.3, 0.4) is 0 Å². The Morgan fingerprint density at radius 3 is 1.59 bits per heavy atom. The molecule has 0 heterocycles. The lowest BCUT2D eigenvalue weighted by atomic mass is 10.00. The van der Waals surface area contributed by atoms with Crippen molar-refractivity contribution in [1.82, 2.24) is 0 Å². The van der Waals surface area contributed by atoms with E-state index in [2.05, 4.69) is 4.74 Å². The molecule has 4 aromatic rings. The number of benzene rings is 4. The Bertz CT molecular complexity index is 1610. The van der Waals surface area contributed by atoms with Crippen LogP contribution in [0, 0.1) is 34.9 Å². The van der Waals surface area contributed by atoms with Crippen molar-refractivity contribution in [3.63, 3.8) is 0 Å². The third-order valence-corrected chi connectivity index (χ3v) is 6.35. The minimum Gasteiger partial charge on any atom is -0.493 e. The molecule has 0 saturated heterocycles. The van der Waals surface area contributed by atoms with Gasteiger partial charge in [-0.1, -0.05) is 20.8 Å². The van der Waals surface area contributed by atoms with Crippen LogP contribution >= 0.6 is 0 Å². The summed E-state index contributed by atoms with van der Waals surface area (Å²) in [6.07, 6.45) is -2.81. The van der Waals surface area contributed by atoms with Crippen LogP contribution in [0.15, 0.2) is 42.5 Å². The largest absolute Gasteiger partial charge is 0.493 e. The first-order chi connectivity index (χ1) is 20.9. The molecule has 0 atom stereocenters. The number of fused-ring (bicyclic) bond motifs is 1. The normalized spacial score (nSPS) is 11.6. The summed E-state index contributed by atoms with van der Waals surface area (Å²) in [4.78, 5) is 0. The van der Waals surface area contributed by atoms with E-state index in [1.165, 1.54) is 12.1 Å². The molecular formula is C32H28F8O4. The highest BCUT2D eigenvalue weighted by Gasteiger charge is 2.41. The van der Waals surface area contributed by atoms with E-state index in [1.54, 1.807) is 0 Å². The monoisotopic (exact) mass is 628 g/mol. The van der Waals surface area contributed by atoms with Crippen molar-refractivity contribution in [2.24, 2.45) is 0 Å². The minimum atomic E-state index is -4.69. The fourth-order valence-corrected chi connectivity index (χ4v) is 4.39. The van der Waals surface area contributed by atoms with Gasteiger partial charge in [0.25, 0.3) is 0 Å². The molecule has 236 valence electrons. The van der Waals surface area contributed by atoms with Crippen LogP contribution < -0.4 is 18.9 Å². The summed E-state index contributed by atoms with van der Waals surface area (Å²) < 4.78 is 139. The standard InChI is InChI=1S/C32H28F8O4/c1-4-9-41-19-15-24(42-10-5-2)26(25(16-19)43-11-6-3)17-12-22(33)27(23(34)13-17)32(39,40)44-18-7-8-20-21(14-18)29(36)31(38)30(37)28(20)35/h7-8,12-16H,4-6,9-11H2,1-3H3. The Balaban J connectivity index is 1.77. The summed E-state index contributed by atoms with van der Waals surface area (Å²) in [7, 11) is 0. The van der Waals surface area contributed by atoms with E-state index in [9.17, 15) is 17.6 Å². The molecule has 44 heavy (non-hydrogen) atoms. The average molecular weight is 629 g/mol. The molecule has 0 bridgehead atoms. The maximum atomic E-state index is 15.4. The first-order valence-corrected chi connectivity index (χ1v) is 13.8. The smallest absolute Gasteiger partial charge is 0.432 e. The first-order valence-electron chi connectivity index (χ1n) is 13.8. The van der Waals surface area contributed by atoms with Crippen molar-refractivity contribution in [3.8, 4) is 34.1 Å². The van der Waals surface area contributed by atoms with Crippen LogP contribution in [-0.2, 0) is 6.11 Å².